The molecule has 1 aliphatic heterocycles. The first-order chi connectivity index (χ1) is 14.6. The van der Waals surface area contributed by atoms with Gasteiger partial charge < -0.3 is 30.4 Å². The summed E-state index contributed by atoms with van der Waals surface area (Å²) in [6.07, 6.45) is 0.798. The van der Waals surface area contributed by atoms with E-state index in [1.807, 2.05) is 62.6 Å². The number of anilines is 1. The third-order valence-electron chi connectivity index (χ3n) is 4.72. The van der Waals surface area contributed by atoms with E-state index in [4.69, 9.17) is 14.5 Å². The van der Waals surface area contributed by atoms with E-state index in [9.17, 15) is 0 Å². The van der Waals surface area contributed by atoms with Gasteiger partial charge in [-0.1, -0.05) is 24.3 Å². The smallest absolute Gasteiger partial charge is 0.199 e. The van der Waals surface area contributed by atoms with Gasteiger partial charge in [-0.25, -0.2) is 5.43 Å². The maximum atomic E-state index is 5.39. The van der Waals surface area contributed by atoms with Gasteiger partial charge in [-0.3, -0.25) is 4.99 Å². The molecular formula is C22H30N6O2. The second kappa shape index (κ2) is 10.4. The fourth-order valence-corrected chi connectivity index (χ4v) is 3.19. The van der Waals surface area contributed by atoms with Crippen LogP contribution in [0.5, 0.6) is 11.5 Å². The van der Waals surface area contributed by atoms with Crippen LogP contribution in [0.3, 0.4) is 0 Å². The van der Waals surface area contributed by atoms with Crippen molar-refractivity contribution in [1.82, 2.24) is 21.1 Å². The lowest BCUT2D eigenvalue weighted by atomic mass is 10.1. The summed E-state index contributed by atoms with van der Waals surface area (Å²) in [4.78, 5) is 6.85. The van der Waals surface area contributed by atoms with Gasteiger partial charge in [0.1, 0.15) is 5.82 Å². The van der Waals surface area contributed by atoms with Gasteiger partial charge in [0, 0.05) is 26.3 Å². The van der Waals surface area contributed by atoms with Gasteiger partial charge in [0.15, 0.2) is 17.5 Å². The lowest BCUT2D eigenvalue weighted by Gasteiger charge is -2.32. The van der Waals surface area contributed by atoms with Crippen molar-refractivity contribution in [3.8, 4) is 11.5 Å². The Balaban J connectivity index is 1.70. The highest BCUT2D eigenvalue weighted by Crippen LogP contribution is 2.27. The molecule has 0 bridgehead atoms. The molecule has 0 aliphatic carbocycles. The Morgan fingerprint density at radius 1 is 1.07 bits per heavy atom. The highest BCUT2D eigenvalue weighted by atomic mass is 16.5. The average molecular weight is 411 g/mol. The Labute approximate surface area is 177 Å². The largest absolute Gasteiger partial charge is 0.493 e. The molecule has 0 saturated heterocycles. The predicted octanol–water partition coefficient (Wildman–Crippen LogP) is 2.14. The number of likely N-dealkylation sites (N-methyl/N-ethyl adjacent to an activating group) is 1. The fourth-order valence-electron chi connectivity index (χ4n) is 3.19. The lowest BCUT2D eigenvalue weighted by molar-refractivity contribution is 0.354. The number of hydrogen-bond donors (Lipinski definition) is 4. The van der Waals surface area contributed by atoms with Crippen molar-refractivity contribution in [2.45, 2.75) is 6.42 Å². The molecule has 0 atom stereocenters. The zero-order chi connectivity index (χ0) is 21.3. The van der Waals surface area contributed by atoms with E-state index >= 15 is 0 Å². The van der Waals surface area contributed by atoms with Gasteiger partial charge in [0.05, 0.1) is 26.5 Å². The van der Waals surface area contributed by atoms with E-state index in [0.717, 1.165) is 46.6 Å². The number of nitrogens with zero attached hydrogens (tertiary/aromatic N) is 2. The second-order valence-electron chi connectivity index (χ2n) is 6.85. The Bertz CT molecular complexity index is 898. The third kappa shape index (κ3) is 5.36. The first-order valence-electron chi connectivity index (χ1n) is 9.86. The van der Waals surface area contributed by atoms with Crippen molar-refractivity contribution in [1.29, 1.82) is 0 Å². The molecule has 160 valence electrons. The van der Waals surface area contributed by atoms with Gasteiger partial charge >= 0.3 is 0 Å². The summed E-state index contributed by atoms with van der Waals surface area (Å²) in [6, 6.07) is 16.0. The van der Waals surface area contributed by atoms with Crippen LogP contribution in [0.25, 0.3) is 0 Å². The van der Waals surface area contributed by atoms with Crippen LogP contribution in [-0.4, -0.2) is 52.3 Å². The highest BCUT2D eigenvalue weighted by molar-refractivity contribution is 5.84. The molecule has 0 aromatic heterocycles. The van der Waals surface area contributed by atoms with Crippen LogP contribution in [0.15, 0.2) is 65.0 Å². The van der Waals surface area contributed by atoms with Gasteiger partial charge in [0.2, 0.25) is 0 Å². The number of rotatable bonds is 9. The molecule has 1 aliphatic rings. The summed E-state index contributed by atoms with van der Waals surface area (Å²) in [5.41, 5.74) is 9.34. The van der Waals surface area contributed by atoms with E-state index in [-0.39, 0.29) is 0 Å². The quantitative estimate of drug-likeness (QED) is 0.472. The molecule has 4 N–H and O–H groups in total. The topological polar surface area (TPSA) is 82.2 Å². The monoisotopic (exact) mass is 410 g/mol. The molecule has 2 aromatic carbocycles. The number of para-hydroxylation sites is 1. The zero-order valence-corrected chi connectivity index (χ0v) is 18.0. The normalized spacial score (nSPS) is 15.1. The molecule has 0 spiro atoms. The summed E-state index contributed by atoms with van der Waals surface area (Å²) in [6.45, 7) is 1.34. The van der Waals surface area contributed by atoms with Crippen LogP contribution in [0.4, 0.5) is 5.69 Å². The zero-order valence-electron chi connectivity index (χ0n) is 18.0. The van der Waals surface area contributed by atoms with E-state index in [1.165, 1.54) is 0 Å². The summed E-state index contributed by atoms with van der Waals surface area (Å²) >= 11 is 0. The summed E-state index contributed by atoms with van der Waals surface area (Å²) in [5.74, 6) is 3.15. The van der Waals surface area contributed by atoms with Crippen molar-refractivity contribution in [3.05, 3.63) is 65.6 Å². The van der Waals surface area contributed by atoms with E-state index in [0.29, 0.717) is 13.1 Å². The van der Waals surface area contributed by atoms with Crippen LogP contribution in [-0.2, 0) is 6.42 Å². The maximum absolute atomic E-state index is 5.39. The van der Waals surface area contributed by atoms with Crippen molar-refractivity contribution >= 4 is 11.6 Å². The molecule has 30 heavy (non-hydrogen) atoms. The summed E-state index contributed by atoms with van der Waals surface area (Å²) < 4.78 is 10.7. The molecule has 3 rings (SSSR count). The maximum Gasteiger partial charge on any atom is 0.199 e. The van der Waals surface area contributed by atoms with Crippen molar-refractivity contribution in [2.75, 3.05) is 46.7 Å². The van der Waals surface area contributed by atoms with Crippen LogP contribution < -0.4 is 31.0 Å². The van der Waals surface area contributed by atoms with E-state index < -0.39 is 0 Å². The van der Waals surface area contributed by atoms with Gasteiger partial charge in [-0.2, -0.15) is 0 Å². The Kier molecular flexibility index (Phi) is 7.40. The minimum Gasteiger partial charge on any atom is -0.493 e. The van der Waals surface area contributed by atoms with Crippen molar-refractivity contribution in [2.24, 2.45) is 4.99 Å². The Hall–Kier alpha value is -3.39. The lowest BCUT2D eigenvalue weighted by Crippen LogP contribution is -2.50. The molecule has 0 saturated carbocycles. The molecular weight excluding hydrogens is 380 g/mol. The summed E-state index contributed by atoms with van der Waals surface area (Å²) in [7, 11) is 7.14. The van der Waals surface area contributed by atoms with Gasteiger partial charge in [-0.05, 0) is 36.2 Å². The molecule has 1 heterocycles. The first kappa shape index (κ1) is 21.3. The number of methoxy groups -OCH3 is 2. The number of guanidine groups is 1. The third-order valence-corrected chi connectivity index (χ3v) is 4.72. The van der Waals surface area contributed by atoms with Gasteiger partial charge in [0.25, 0.3) is 0 Å². The molecule has 8 nitrogen and oxygen atoms in total. The van der Waals surface area contributed by atoms with E-state index in [2.05, 4.69) is 26.4 Å². The van der Waals surface area contributed by atoms with Gasteiger partial charge in [-0.15, -0.1) is 0 Å². The number of nitrogens with one attached hydrogen (secondary N) is 4. The molecule has 0 unspecified atom stereocenters. The fraction of sp³-hybridized carbons (Fsp3) is 0.318. The number of hydrazine groups is 1. The van der Waals surface area contributed by atoms with Crippen LogP contribution in [0, 0.1) is 0 Å². The highest BCUT2D eigenvalue weighted by Gasteiger charge is 2.20. The van der Waals surface area contributed by atoms with Crippen LogP contribution in [0.1, 0.15) is 5.56 Å². The summed E-state index contributed by atoms with van der Waals surface area (Å²) in [5, 5.41) is 6.84. The number of aliphatic imine (C=N–C) groups is 1. The number of hydrogen-bond acceptors (Lipinski definition) is 6. The van der Waals surface area contributed by atoms with E-state index in [1.54, 1.807) is 14.2 Å². The standard InChI is InChI=1S/C22H30N6O2/c1-23-27-18-15-28(2)22(26-21(18)25-17-8-6-5-7-9-17)24-13-12-16-10-11-19(29-3)20(14-16)30-4/h5-11,14,23,25,27H,12-13,15H2,1-4H3,(H,24,26). The second-order valence-corrected chi connectivity index (χ2v) is 6.85. The van der Waals surface area contributed by atoms with Crippen LogP contribution >= 0.6 is 0 Å². The minimum atomic E-state index is 0.648. The molecule has 0 radical (unpaired) electrons. The molecule has 0 amide bonds. The predicted molar refractivity (Wildman–Crippen MR) is 121 cm³/mol. The van der Waals surface area contributed by atoms with Crippen molar-refractivity contribution in [3.63, 3.8) is 0 Å². The molecule has 8 heteroatoms. The molecule has 2 aromatic rings. The SMILES string of the molecule is CNNC1=C(Nc2ccccc2)NC(=NCCc2ccc(OC)c(OC)c2)N(C)C1. The molecule has 0 fully saturated rings. The van der Waals surface area contributed by atoms with Crippen LogP contribution in [0.2, 0.25) is 0 Å². The Morgan fingerprint density at radius 2 is 1.83 bits per heavy atom. The number of benzene rings is 2. The Morgan fingerprint density at radius 3 is 2.53 bits per heavy atom. The van der Waals surface area contributed by atoms with Crippen molar-refractivity contribution < 1.29 is 9.47 Å². The average Bonchev–Trinajstić information content (AvgIpc) is 2.77. The minimum absolute atomic E-state index is 0.648. The number of ether oxygens (including phenoxy) is 2. The first-order valence-corrected chi connectivity index (χ1v) is 9.86.